The number of aliphatic carboxylic acids is 1. The molecule has 1 aliphatic rings. The summed E-state index contributed by atoms with van der Waals surface area (Å²) in [6.45, 7) is 2.06. The zero-order chi connectivity index (χ0) is 15.4. The standard InChI is InChI=1S/C14H17N3O4/c1-2-15-12(18)8-16-14(21)17-10-6-4-3-5-9(10)7-11(17)13(19)20/h3-6,11H,2,7-8H2,1H3,(H,15,18)(H,16,21)(H,19,20). The Bertz CT molecular complexity index is 573. The molecule has 0 saturated carbocycles. The number of nitrogens with one attached hydrogen (secondary N) is 2. The van der Waals surface area contributed by atoms with Crippen molar-refractivity contribution in [3.8, 4) is 0 Å². The Morgan fingerprint density at radius 3 is 2.67 bits per heavy atom. The molecule has 2 rings (SSSR count). The van der Waals surface area contributed by atoms with E-state index in [0.29, 0.717) is 12.2 Å². The van der Waals surface area contributed by atoms with E-state index in [2.05, 4.69) is 10.6 Å². The van der Waals surface area contributed by atoms with Crippen molar-refractivity contribution in [2.45, 2.75) is 19.4 Å². The SMILES string of the molecule is CCNC(=O)CNC(=O)N1c2ccccc2CC1C(=O)O. The molecule has 7 heteroatoms. The Morgan fingerprint density at radius 2 is 2.00 bits per heavy atom. The first-order valence-electron chi connectivity index (χ1n) is 6.69. The van der Waals surface area contributed by atoms with Gasteiger partial charge in [-0.15, -0.1) is 0 Å². The second-order valence-electron chi connectivity index (χ2n) is 4.67. The highest BCUT2D eigenvalue weighted by atomic mass is 16.4. The number of fused-ring (bicyclic) bond motifs is 1. The number of amides is 3. The van der Waals surface area contributed by atoms with Crippen LogP contribution in [0.4, 0.5) is 10.5 Å². The molecule has 0 saturated heterocycles. The van der Waals surface area contributed by atoms with E-state index in [-0.39, 0.29) is 18.9 Å². The fourth-order valence-electron chi connectivity index (χ4n) is 2.34. The molecule has 1 aromatic rings. The van der Waals surface area contributed by atoms with Crippen LogP contribution in [-0.4, -0.2) is 42.1 Å². The summed E-state index contributed by atoms with van der Waals surface area (Å²) >= 11 is 0. The molecule has 1 unspecified atom stereocenters. The lowest BCUT2D eigenvalue weighted by atomic mass is 10.1. The molecule has 0 bridgehead atoms. The molecule has 3 amide bonds. The van der Waals surface area contributed by atoms with E-state index in [1.807, 2.05) is 0 Å². The van der Waals surface area contributed by atoms with Gasteiger partial charge in [0.1, 0.15) is 6.04 Å². The van der Waals surface area contributed by atoms with Crippen LogP contribution in [0, 0.1) is 0 Å². The molecule has 1 aliphatic heterocycles. The smallest absolute Gasteiger partial charge is 0.327 e. The zero-order valence-corrected chi connectivity index (χ0v) is 11.6. The second kappa shape index (κ2) is 6.25. The van der Waals surface area contributed by atoms with Crippen LogP contribution < -0.4 is 15.5 Å². The number of carbonyl (C=O) groups is 3. The molecular weight excluding hydrogens is 274 g/mol. The fraction of sp³-hybridized carbons (Fsp3) is 0.357. The Labute approximate surface area is 121 Å². The molecular formula is C14H17N3O4. The minimum Gasteiger partial charge on any atom is -0.480 e. The number of nitrogens with zero attached hydrogens (tertiary/aromatic N) is 1. The highest BCUT2D eigenvalue weighted by Gasteiger charge is 2.38. The average molecular weight is 291 g/mol. The molecule has 0 aliphatic carbocycles. The van der Waals surface area contributed by atoms with E-state index in [4.69, 9.17) is 0 Å². The van der Waals surface area contributed by atoms with Crippen molar-refractivity contribution in [3.05, 3.63) is 29.8 Å². The molecule has 1 aromatic carbocycles. The molecule has 1 heterocycles. The molecule has 0 radical (unpaired) electrons. The number of carboxylic acid groups (broad SMARTS) is 1. The lowest BCUT2D eigenvalue weighted by Crippen LogP contribution is -2.50. The van der Waals surface area contributed by atoms with Crippen molar-refractivity contribution in [2.24, 2.45) is 0 Å². The molecule has 3 N–H and O–H groups in total. The van der Waals surface area contributed by atoms with Crippen molar-refractivity contribution in [1.82, 2.24) is 10.6 Å². The van der Waals surface area contributed by atoms with Crippen LogP contribution in [0.15, 0.2) is 24.3 Å². The maximum Gasteiger partial charge on any atom is 0.327 e. The Hall–Kier alpha value is -2.57. The third-order valence-electron chi connectivity index (χ3n) is 3.25. The largest absolute Gasteiger partial charge is 0.480 e. The monoisotopic (exact) mass is 291 g/mol. The third-order valence-corrected chi connectivity index (χ3v) is 3.25. The van der Waals surface area contributed by atoms with E-state index in [1.54, 1.807) is 31.2 Å². The van der Waals surface area contributed by atoms with Crippen LogP contribution in [0.1, 0.15) is 12.5 Å². The fourth-order valence-corrected chi connectivity index (χ4v) is 2.34. The van der Waals surface area contributed by atoms with E-state index in [9.17, 15) is 19.5 Å². The van der Waals surface area contributed by atoms with Crippen LogP contribution in [0.3, 0.4) is 0 Å². The number of hydrogen-bond donors (Lipinski definition) is 3. The predicted molar refractivity (Wildman–Crippen MR) is 76.1 cm³/mol. The van der Waals surface area contributed by atoms with Gasteiger partial charge in [-0.25, -0.2) is 9.59 Å². The first-order chi connectivity index (χ1) is 10.0. The minimum atomic E-state index is -1.07. The van der Waals surface area contributed by atoms with Gasteiger partial charge in [0.15, 0.2) is 0 Å². The van der Waals surface area contributed by atoms with Gasteiger partial charge in [0.2, 0.25) is 5.91 Å². The first kappa shape index (κ1) is 14.8. The predicted octanol–water partition coefficient (Wildman–Crippen LogP) is 0.348. The number of carboxylic acids is 1. The summed E-state index contributed by atoms with van der Waals surface area (Å²) in [6.07, 6.45) is 0.264. The highest BCUT2D eigenvalue weighted by molar-refractivity contribution is 6.02. The summed E-state index contributed by atoms with van der Waals surface area (Å²) in [7, 11) is 0. The molecule has 0 spiro atoms. The van der Waals surface area contributed by atoms with Gasteiger partial charge in [-0.3, -0.25) is 9.69 Å². The number of carbonyl (C=O) groups excluding carboxylic acids is 2. The van der Waals surface area contributed by atoms with Crippen LogP contribution >= 0.6 is 0 Å². The van der Waals surface area contributed by atoms with Crippen molar-refractivity contribution in [1.29, 1.82) is 0 Å². The number of benzene rings is 1. The van der Waals surface area contributed by atoms with Crippen molar-refractivity contribution < 1.29 is 19.5 Å². The summed E-state index contributed by atoms with van der Waals surface area (Å²) in [5, 5.41) is 14.3. The quantitative estimate of drug-likeness (QED) is 0.745. The molecule has 112 valence electrons. The Morgan fingerprint density at radius 1 is 1.29 bits per heavy atom. The van der Waals surface area contributed by atoms with Gasteiger partial charge in [-0.2, -0.15) is 0 Å². The van der Waals surface area contributed by atoms with Crippen molar-refractivity contribution in [2.75, 3.05) is 18.0 Å². The molecule has 1 atom stereocenters. The van der Waals surface area contributed by atoms with Crippen molar-refractivity contribution in [3.63, 3.8) is 0 Å². The molecule has 7 nitrogen and oxygen atoms in total. The lowest BCUT2D eigenvalue weighted by molar-refractivity contribution is -0.138. The summed E-state index contributed by atoms with van der Waals surface area (Å²) in [5.74, 6) is -1.38. The number of rotatable bonds is 4. The number of hydrogen-bond acceptors (Lipinski definition) is 3. The summed E-state index contributed by atoms with van der Waals surface area (Å²) in [5.41, 5.74) is 1.37. The Balaban J connectivity index is 2.13. The van der Waals surface area contributed by atoms with Gasteiger partial charge in [0, 0.05) is 18.7 Å². The minimum absolute atomic E-state index is 0.183. The van der Waals surface area contributed by atoms with Gasteiger partial charge in [-0.05, 0) is 18.6 Å². The zero-order valence-electron chi connectivity index (χ0n) is 11.6. The third kappa shape index (κ3) is 3.13. The van der Waals surface area contributed by atoms with Gasteiger partial charge < -0.3 is 15.7 Å². The van der Waals surface area contributed by atoms with Crippen LogP contribution in [0.2, 0.25) is 0 Å². The van der Waals surface area contributed by atoms with E-state index in [1.165, 1.54) is 4.90 Å². The summed E-state index contributed by atoms with van der Waals surface area (Å²) in [4.78, 5) is 36.1. The molecule has 21 heavy (non-hydrogen) atoms. The number of likely N-dealkylation sites (N-methyl/N-ethyl adjacent to an activating group) is 1. The average Bonchev–Trinajstić information content (AvgIpc) is 2.85. The van der Waals surface area contributed by atoms with Crippen LogP contribution in [-0.2, 0) is 16.0 Å². The number of anilines is 1. The normalized spacial score (nSPS) is 16.2. The van der Waals surface area contributed by atoms with Gasteiger partial charge >= 0.3 is 12.0 Å². The summed E-state index contributed by atoms with van der Waals surface area (Å²) < 4.78 is 0. The van der Waals surface area contributed by atoms with E-state index in [0.717, 1.165) is 5.56 Å². The van der Waals surface area contributed by atoms with Gasteiger partial charge in [0.25, 0.3) is 0 Å². The van der Waals surface area contributed by atoms with Crippen molar-refractivity contribution >= 4 is 23.6 Å². The molecule has 0 fully saturated rings. The van der Waals surface area contributed by atoms with Gasteiger partial charge in [0.05, 0.1) is 6.54 Å². The number of para-hydroxylation sites is 1. The topological polar surface area (TPSA) is 98.7 Å². The second-order valence-corrected chi connectivity index (χ2v) is 4.67. The maximum absolute atomic E-state index is 12.2. The number of urea groups is 1. The van der Waals surface area contributed by atoms with Gasteiger partial charge in [-0.1, -0.05) is 18.2 Å². The van der Waals surface area contributed by atoms with E-state index >= 15 is 0 Å². The Kier molecular flexibility index (Phi) is 4.42. The van der Waals surface area contributed by atoms with E-state index < -0.39 is 18.0 Å². The lowest BCUT2D eigenvalue weighted by Gasteiger charge is -2.22. The van der Waals surface area contributed by atoms with Crippen LogP contribution in [0.5, 0.6) is 0 Å². The highest BCUT2D eigenvalue weighted by Crippen LogP contribution is 2.31. The first-order valence-corrected chi connectivity index (χ1v) is 6.69. The summed E-state index contributed by atoms with van der Waals surface area (Å²) in [6, 6.07) is 5.50. The maximum atomic E-state index is 12.2. The van der Waals surface area contributed by atoms with Crippen LogP contribution in [0.25, 0.3) is 0 Å². The molecule has 0 aromatic heterocycles.